The van der Waals surface area contributed by atoms with E-state index in [-0.39, 0.29) is 29.8 Å². The Morgan fingerprint density at radius 2 is 1.92 bits per heavy atom. The lowest BCUT2D eigenvalue weighted by Crippen LogP contribution is -2.26. The first-order valence-electron chi connectivity index (χ1n) is 7.84. The number of carbonyl (C=O) groups excluding carboxylic acids is 1. The Labute approximate surface area is 149 Å². The van der Waals surface area contributed by atoms with Gasteiger partial charge in [-0.25, -0.2) is 0 Å². The van der Waals surface area contributed by atoms with E-state index in [2.05, 4.69) is 5.32 Å². The predicted octanol–water partition coefficient (Wildman–Crippen LogP) is 3.63. The smallest absolute Gasteiger partial charge is 0.287 e. The minimum Gasteiger partial charge on any atom is -0.454 e. The van der Waals surface area contributed by atoms with E-state index in [1.165, 1.54) is 10.6 Å². The maximum absolute atomic E-state index is 12.4. The fourth-order valence-corrected chi connectivity index (χ4v) is 2.82. The van der Waals surface area contributed by atoms with Crippen LogP contribution in [0.3, 0.4) is 0 Å². The van der Waals surface area contributed by atoms with Gasteiger partial charge in [-0.05, 0) is 36.8 Å². The van der Waals surface area contributed by atoms with E-state index in [4.69, 9.17) is 16.0 Å². The molecular weight excluding hydrogens is 340 g/mol. The third-order valence-electron chi connectivity index (χ3n) is 3.83. The number of pyridine rings is 1. The van der Waals surface area contributed by atoms with Crippen LogP contribution < -0.4 is 10.9 Å². The zero-order chi connectivity index (χ0) is 17.8. The van der Waals surface area contributed by atoms with Crippen LogP contribution in [0.25, 0.3) is 0 Å². The van der Waals surface area contributed by atoms with Crippen molar-refractivity contribution >= 4 is 17.5 Å². The fourth-order valence-electron chi connectivity index (χ4n) is 2.52. The zero-order valence-corrected chi connectivity index (χ0v) is 14.4. The second-order valence-electron chi connectivity index (χ2n) is 5.65. The summed E-state index contributed by atoms with van der Waals surface area (Å²) < 4.78 is 7.07. The van der Waals surface area contributed by atoms with E-state index in [1.807, 2.05) is 25.1 Å². The van der Waals surface area contributed by atoms with Crippen LogP contribution in [0.15, 0.2) is 70.0 Å². The highest BCUT2D eigenvalue weighted by Gasteiger charge is 2.16. The van der Waals surface area contributed by atoms with Gasteiger partial charge < -0.3 is 14.3 Å². The molecule has 0 aliphatic heterocycles. The van der Waals surface area contributed by atoms with Crippen LogP contribution >= 0.6 is 11.6 Å². The molecule has 0 saturated heterocycles. The van der Waals surface area contributed by atoms with Gasteiger partial charge in [0.15, 0.2) is 5.76 Å². The first kappa shape index (κ1) is 17.0. The van der Waals surface area contributed by atoms with Crippen molar-refractivity contribution in [1.82, 2.24) is 9.88 Å². The predicted molar refractivity (Wildman–Crippen MR) is 95.8 cm³/mol. The van der Waals surface area contributed by atoms with E-state index >= 15 is 0 Å². The number of nitrogens with zero attached hydrogens (tertiary/aromatic N) is 1. The molecular formula is C19H17ClN2O3. The standard InChI is InChI=1S/C19H17ClN2O3/c1-13(15-6-2-3-7-16(15)20)21-19(24)17-10-9-14(25-17)12-22-11-5-4-8-18(22)23/h2-11,13H,12H2,1H3,(H,21,24). The number of hydrogen-bond acceptors (Lipinski definition) is 3. The van der Waals surface area contributed by atoms with Gasteiger partial charge in [-0.15, -0.1) is 0 Å². The number of carbonyl (C=O) groups is 1. The lowest BCUT2D eigenvalue weighted by atomic mass is 10.1. The minimum atomic E-state index is -0.334. The van der Waals surface area contributed by atoms with Crippen molar-refractivity contribution in [3.05, 3.63) is 93.3 Å². The molecule has 25 heavy (non-hydrogen) atoms. The van der Waals surface area contributed by atoms with Gasteiger partial charge in [0, 0.05) is 17.3 Å². The van der Waals surface area contributed by atoms with E-state index in [0.29, 0.717) is 10.8 Å². The summed E-state index contributed by atoms with van der Waals surface area (Å²) >= 11 is 6.15. The number of aromatic nitrogens is 1. The molecule has 1 N–H and O–H groups in total. The third-order valence-corrected chi connectivity index (χ3v) is 4.17. The van der Waals surface area contributed by atoms with Crippen molar-refractivity contribution < 1.29 is 9.21 Å². The average molecular weight is 357 g/mol. The minimum absolute atomic E-state index is 0.128. The molecule has 1 amide bonds. The van der Waals surface area contributed by atoms with Crippen molar-refractivity contribution in [3.8, 4) is 0 Å². The van der Waals surface area contributed by atoms with E-state index < -0.39 is 0 Å². The van der Waals surface area contributed by atoms with Crippen LogP contribution in [0.5, 0.6) is 0 Å². The summed E-state index contributed by atoms with van der Waals surface area (Å²) in [4.78, 5) is 24.1. The first-order chi connectivity index (χ1) is 12.0. The summed E-state index contributed by atoms with van der Waals surface area (Å²) in [6.45, 7) is 2.12. The Morgan fingerprint density at radius 1 is 1.16 bits per heavy atom. The lowest BCUT2D eigenvalue weighted by molar-refractivity contribution is 0.0910. The Morgan fingerprint density at radius 3 is 2.68 bits per heavy atom. The highest BCUT2D eigenvalue weighted by atomic mass is 35.5. The molecule has 3 aromatic rings. The van der Waals surface area contributed by atoms with Crippen molar-refractivity contribution in [2.75, 3.05) is 0 Å². The SMILES string of the molecule is CC(NC(=O)c1ccc(Cn2ccccc2=O)o1)c1ccccc1Cl. The molecule has 128 valence electrons. The molecule has 0 spiro atoms. The molecule has 2 aromatic heterocycles. The normalized spacial score (nSPS) is 11.9. The van der Waals surface area contributed by atoms with Gasteiger partial charge in [-0.3, -0.25) is 9.59 Å². The highest BCUT2D eigenvalue weighted by molar-refractivity contribution is 6.31. The number of amides is 1. The number of hydrogen-bond donors (Lipinski definition) is 1. The van der Waals surface area contributed by atoms with E-state index in [0.717, 1.165) is 5.56 Å². The van der Waals surface area contributed by atoms with Crippen molar-refractivity contribution in [1.29, 1.82) is 0 Å². The summed E-state index contributed by atoms with van der Waals surface area (Å²) in [6.07, 6.45) is 1.67. The van der Waals surface area contributed by atoms with Crippen LogP contribution in [-0.4, -0.2) is 10.5 Å². The van der Waals surface area contributed by atoms with Gasteiger partial charge in [0.25, 0.3) is 11.5 Å². The summed E-state index contributed by atoms with van der Waals surface area (Å²) in [5.74, 6) is 0.390. The van der Waals surface area contributed by atoms with Crippen molar-refractivity contribution in [2.45, 2.75) is 19.5 Å². The molecule has 0 aliphatic rings. The molecule has 1 atom stereocenters. The molecule has 0 saturated carbocycles. The number of benzene rings is 1. The number of halogens is 1. The quantitative estimate of drug-likeness (QED) is 0.759. The monoisotopic (exact) mass is 356 g/mol. The number of furan rings is 1. The zero-order valence-electron chi connectivity index (χ0n) is 13.6. The van der Waals surface area contributed by atoms with Crippen LogP contribution in [0.1, 0.15) is 34.8 Å². The summed E-state index contributed by atoms with van der Waals surface area (Å²) in [5, 5.41) is 3.45. The molecule has 0 bridgehead atoms. The van der Waals surface area contributed by atoms with Gasteiger partial charge in [0.2, 0.25) is 0 Å². The second kappa shape index (κ2) is 7.40. The maximum Gasteiger partial charge on any atom is 0.287 e. The number of rotatable bonds is 5. The molecule has 6 heteroatoms. The van der Waals surface area contributed by atoms with Gasteiger partial charge >= 0.3 is 0 Å². The van der Waals surface area contributed by atoms with Crippen molar-refractivity contribution in [3.63, 3.8) is 0 Å². The summed E-state index contributed by atoms with van der Waals surface area (Å²) in [6, 6.07) is 15.3. The Bertz CT molecular complexity index is 945. The topological polar surface area (TPSA) is 64.2 Å². The second-order valence-corrected chi connectivity index (χ2v) is 6.06. The molecule has 1 aromatic carbocycles. The fraction of sp³-hybridized carbons (Fsp3) is 0.158. The van der Waals surface area contributed by atoms with Crippen molar-refractivity contribution in [2.24, 2.45) is 0 Å². The van der Waals surface area contributed by atoms with Gasteiger partial charge in [0.1, 0.15) is 5.76 Å². The van der Waals surface area contributed by atoms with E-state index in [9.17, 15) is 9.59 Å². The Hall–Kier alpha value is -2.79. The Balaban J connectivity index is 1.70. The largest absolute Gasteiger partial charge is 0.454 e. The molecule has 0 fully saturated rings. The van der Waals surface area contributed by atoms with E-state index in [1.54, 1.807) is 36.5 Å². The molecule has 2 heterocycles. The average Bonchev–Trinajstić information content (AvgIpc) is 3.06. The molecule has 3 rings (SSSR count). The number of nitrogens with one attached hydrogen (secondary N) is 1. The molecule has 0 radical (unpaired) electrons. The third kappa shape index (κ3) is 4.00. The first-order valence-corrected chi connectivity index (χ1v) is 8.22. The molecule has 5 nitrogen and oxygen atoms in total. The molecule has 0 aliphatic carbocycles. The lowest BCUT2D eigenvalue weighted by Gasteiger charge is -2.14. The Kier molecular flexibility index (Phi) is 5.05. The van der Waals surface area contributed by atoms with Crippen LogP contribution in [-0.2, 0) is 6.54 Å². The van der Waals surface area contributed by atoms with Gasteiger partial charge in [-0.2, -0.15) is 0 Å². The highest BCUT2D eigenvalue weighted by Crippen LogP contribution is 2.22. The van der Waals surface area contributed by atoms with Crippen LogP contribution in [0.2, 0.25) is 5.02 Å². The van der Waals surface area contributed by atoms with Gasteiger partial charge in [0.05, 0.1) is 12.6 Å². The molecule has 1 unspecified atom stereocenters. The summed E-state index contributed by atoms with van der Waals surface area (Å²) in [5.41, 5.74) is 0.706. The van der Waals surface area contributed by atoms with Crippen LogP contribution in [0, 0.1) is 0 Å². The van der Waals surface area contributed by atoms with Crippen LogP contribution in [0.4, 0.5) is 0 Å². The van der Waals surface area contributed by atoms with Gasteiger partial charge in [-0.1, -0.05) is 35.9 Å². The maximum atomic E-state index is 12.4. The summed E-state index contributed by atoms with van der Waals surface area (Å²) in [7, 11) is 0.